The fraction of sp³-hybridized carbons (Fsp3) is 0.522. The molecule has 0 aromatic carbocycles. The lowest BCUT2D eigenvalue weighted by Crippen LogP contribution is -2.51. The number of nitriles is 1. The van der Waals surface area contributed by atoms with Gasteiger partial charge in [0.25, 0.3) is 5.91 Å². The first-order chi connectivity index (χ1) is 16.9. The van der Waals surface area contributed by atoms with Gasteiger partial charge in [-0.2, -0.15) is 10.4 Å². The third-order valence-corrected chi connectivity index (χ3v) is 8.34. The summed E-state index contributed by atoms with van der Waals surface area (Å²) >= 11 is 7.04. The van der Waals surface area contributed by atoms with Gasteiger partial charge in [0, 0.05) is 36.5 Å². The summed E-state index contributed by atoms with van der Waals surface area (Å²) in [6.07, 6.45) is 6.13. The van der Waals surface area contributed by atoms with Crippen LogP contribution in [0.1, 0.15) is 58.6 Å². The molecule has 0 aliphatic heterocycles. The molecule has 2 fully saturated rings. The fourth-order valence-corrected chi connectivity index (χ4v) is 6.07. The van der Waals surface area contributed by atoms with Gasteiger partial charge in [-0.05, 0) is 68.6 Å². The van der Waals surface area contributed by atoms with E-state index in [4.69, 9.17) is 18.1 Å². The van der Waals surface area contributed by atoms with Gasteiger partial charge in [0.1, 0.15) is 16.9 Å². The number of rotatable bonds is 7. The van der Waals surface area contributed by atoms with Gasteiger partial charge in [-0.25, -0.2) is 5.84 Å². The molecule has 2 heterocycles. The summed E-state index contributed by atoms with van der Waals surface area (Å²) in [5.74, 6) is 6.81. The van der Waals surface area contributed by atoms with E-state index in [0.717, 1.165) is 49.0 Å². The van der Waals surface area contributed by atoms with Gasteiger partial charge in [-0.3, -0.25) is 19.2 Å². The molecule has 3 aliphatic carbocycles. The second kappa shape index (κ2) is 9.56. The summed E-state index contributed by atoms with van der Waals surface area (Å²) < 4.78 is 1.61. The van der Waals surface area contributed by atoms with Gasteiger partial charge < -0.3 is 16.1 Å². The molecule has 35 heavy (non-hydrogen) atoms. The Morgan fingerprint density at radius 2 is 2.11 bits per heavy atom. The summed E-state index contributed by atoms with van der Waals surface area (Å²) in [7, 11) is 1.75. The molecule has 0 unspecified atom stereocenters. The zero-order chi connectivity index (χ0) is 24.7. The van der Waals surface area contributed by atoms with Crippen molar-refractivity contribution in [1.82, 2.24) is 20.5 Å². The average Bonchev–Trinajstić information content (AvgIpc) is 3.78. The molecule has 10 nitrogen and oxygen atoms in total. The number of fused-ring (bicyclic) bond motifs is 1. The van der Waals surface area contributed by atoms with Crippen molar-refractivity contribution in [2.75, 3.05) is 16.8 Å². The molecular formula is C23H28N8O2S2. The predicted molar refractivity (Wildman–Crippen MR) is 137 cm³/mol. The van der Waals surface area contributed by atoms with Crippen molar-refractivity contribution in [2.45, 2.75) is 51.0 Å². The monoisotopic (exact) mass is 512 g/mol. The van der Waals surface area contributed by atoms with Gasteiger partial charge in [-0.1, -0.05) is 0 Å². The normalized spacial score (nSPS) is 18.8. The molecule has 1 atom stereocenters. The highest BCUT2D eigenvalue weighted by atomic mass is 32.1. The Balaban J connectivity index is 1.47. The minimum atomic E-state index is -0.139. The number of nitrogens with zero attached hydrogens (tertiary/aromatic N) is 4. The number of hydrazine groups is 1. The second-order valence-electron chi connectivity index (χ2n) is 9.46. The van der Waals surface area contributed by atoms with E-state index in [2.05, 4.69) is 27.2 Å². The molecule has 2 aromatic heterocycles. The molecule has 2 aromatic rings. The van der Waals surface area contributed by atoms with Crippen molar-refractivity contribution < 1.29 is 9.59 Å². The van der Waals surface area contributed by atoms with Gasteiger partial charge in [0.05, 0.1) is 5.56 Å². The quantitative estimate of drug-likeness (QED) is 0.251. The van der Waals surface area contributed by atoms with Crippen LogP contribution in [0.2, 0.25) is 0 Å². The molecule has 3 aliphatic rings. The van der Waals surface area contributed by atoms with Crippen LogP contribution in [-0.4, -0.2) is 39.3 Å². The zero-order valence-corrected chi connectivity index (χ0v) is 21.1. The molecule has 184 valence electrons. The van der Waals surface area contributed by atoms with Crippen LogP contribution in [0, 0.1) is 23.2 Å². The van der Waals surface area contributed by atoms with Crippen molar-refractivity contribution in [2.24, 2.45) is 24.7 Å². The third-order valence-electron chi connectivity index (χ3n) is 6.82. The number of thiocarbonyl (C=S) groups is 1. The zero-order valence-electron chi connectivity index (χ0n) is 19.5. The first kappa shape index (κ1) is 23.7. The number of aryl methyl sites for hydroxylation is 2. The molecule has 0 spiro atoms. The number of hydrogen-bond acceptors (Lipinski definition) is 7. The van der Waals surface area contributed by atoms with Crippen LogP contribution in [0.4, 0.5) is 10.8 Å². The number of amides is 2. The van der Waals surface area contributed by atoms with E-state index in [1.807, 2.05) is 4.90 Å². The Hall–Kier alpha value is -3.01. The molecule has 12 heteroatoms. The number of nitrogens with one attached hydrogen (secondary N) is 3. The Morgan fingerprint density at radius 3 is 2.74 bits per heavy atom. The van der Waals surface area contributed by atoms with Gasteiger partial charge in [-0.15, -0.1) is 11.3 Å². The topological polar surface area (TPSA) is 141 Å². The Labute approximate surface area is 212 Å². The van der Waals surface area contributed by atoms with Crippen LogP contribution < -0.4 is 26.8 Å². The summed E-state index contributed by atoms with van der Waals surface area (Å²) in [6, 6.07) is 3.63. The molecule has 2 amide bonds. The lowest BCUT2D eigenvalue weighted by atomic mass is 9.90. The van der Waals surface area contributed by atoms with Crippen LogP contribution in [0.5, 0.6) is 0 Å². The van der Waals surface area contributed by atoms with E-state index in [0.29, 0.717) is 40.4 Å². The molecule has 2 saturated carbocycles. The fourth-order valence-electron chi connectivity index (χ4n) is 4.58. The maximum absolute atomic E-state index is 13.4. The number of aromatic nitrogens is 2. The van der Waals surface area contributed by atoms with E-state index >= 15 is 0 Å². The number of hydrogen-bond donors (Lipinski definition) is 4. The van der Waals surface area contributed by atoms with Crippen LogP contribution >= 0.6 is 23.6 Å². The lowest BCUT2D eigenvalue weighted by molar-refractivity contribution is -0.117. The van der Waals surface area contributed by atoms with Crippen LogP contribution in [0.25, 0.3) is 0 Å². The summed E-state index contributed by atoms with van der Waals surface area (Å²) in [5, 5.41) is 20.6. The highest BCUT2D eigenvalue weighted by molar-refractivity contribution is 7.80. The standard InChI is InChI=1S/C23H28N8O2S2/c1-30-18(8-14(10-24)29-30)31(23(34)28-25)15-6-7-17-16(9-15)19(21(33)26-11-12-2-3-12)22(35-17)27-20(32)13-4-5-13/h8,12-13,15H,2-7,9,11,25H2,1H3,(H,26,33)(H,27,32)(H,28,34)/t15-/m0/s1. The van der Waals surface area contributed by atoms with Crippen molar-refractivity contribution in [3.05, 3.63) is 27.8 Å². The van der Waals surface area contributed by atoms with Crippen LogP contribution in [-0.2, 0) is 24.7 Å². The molecule has 5 rings (SSSR count). The van der Waals surface area contributed by atoms with Crippen molar-refractivity contribution in [3.63, 3.8) is 0 Å². The smallest absolute Gasteiger partial charge is 0.254 e. The number of carbonyl (C=O) groups excluding carboxylic acids is 2. The van der Waals surface area contributed by atoms with Gasteiger partial charge in [0.15, 0.2) is 10.8 Å². The van der Waals surface area contributed by atoms with E-state index in [-0.39, 0.29) is 29.5 Å². The Morgan fingerprint density at radius 1 is 1.34 bits per heavy atom. The maximum atomic E-state index is 13.4. The second-order valence-corrected chi connectivity index (χ2v) is 11.0. The number of thiophene rings is 1. The summed E-state index contributed by atoms with van der Waals surface area (Å²) in [6.45, 7) is 0.655. The van der Waals surface area contributed by atoms with Crippen molar-refractivity contribution in [1.29, 1.82) is 5.26 Å². The highest BCUT2D eigenvalue weighted by Gasteiger charge is 2.36. The number of nitrogens with two attached hydrogens (primary N) is 1. The predicted octanol–water partition coefficient (Wildman–Crippen LogP) is 1.95. The lowest BCUT2D eigenvalue weighted by Gasteiger charge is -2.35. The minimum Gasteiger partial charge on any atom is -0.352 e. The Kier molecular flexibility index (Phi) is 6.48. The average molecular weight is 513 g/mol. The highest BCUT2D eigenvalue weighted by Crippen LogP contribution is 2.41. The molecule has 0 bridgehead atoms. The van der Waals surface area contributed by atoms with Gasteiger partial charge >= 0.3 is 0 Å². The van der Waals surface area contributed by atoms with E-state index in [1.54, 1.807) is 17.8 Å². The minimum absolute atomic E-state index is 0.00885. The largest absolute Gasteiger partial charge is 0.352 e. The number of carbonyl (C=O) groups is 2. The Bertz CT molecular complexity index is 1220. The number of anilines is 2. The molecule has 0 saturated heterocycles. The van der Waals surface area contributed by atoms with E-state index < -0.39 is 0 Å². The van der Waals surface area contributed by atoms with Crippen LogP contribution in [0.3, 0.4) is 0 Å². The first-order valence-electron chi connectivity index (χ1n) is 11.9. The molecule has 0 radical (unpaired) electrons. The van der Waals surface area contributed by atoms with Gasteiger partial charge in [0.2, 0.25) is 5.91 Å². The summed E-state index contributed by atoms with van der Waals surface area (Å²) in [4.78, 5) is 28.9. The van der Waals surface area contributed by atoms with Crippen molar-refractivity contribution in [3.8, 4) is 6.07 Å². The molecular weight excluding hydrogens is 484 g/mol. The van der Waals surface area contributed by atoms with E-state index in [1.165, 1.54) is 11.3 Å². The summed E-state index contributed by atoms with van der Waals surface area (Å²) in [5.41, 5.74) is 4.36. The van der Waals surface area contributed by atoms with E-state index in [9.17, 15) is 14.9 Å². The first-order valence-corrected chi connectivity index (χ1v) is 13.1. The third kappa shape index (κ3) is 4.89. The van der Waals surface area contributed by atoms with Crippen molar-refractivity contribution >= 4 is 51.3 Å². The SMILES string of the molecule is Cn1nc(C#N)cc1N(C(=S)NN)[C@H]1CCc2sc(NC(=O)C3CC3)c(C(=O)NCC3CC3)c2C1. The maximum Gasteiger partial charge on any atom is 0.254 e. The van der Waals surface area contributed by atoms with Crippen LogP contribution in [0.15, 0.2) is 6.07 Å². The molecule has 5 N–H and O–H groups in total.